The van der Waals surface area contributed by atoms with E-state index in [2.05, 4.69) is 21.6 Å². The van der Waals surface area contributed by atoms with Crippen LogP contribution in [0.2, 0.25) is 0 Å². The van der Waals surface area contributed by atoms with Gasteiger partial charge >= 0.3 is 6.18 Å². The quantitative estimate of drug-likeness (QED) is 0.203. The maximum atomic E-state index is 13.3. The van der Waals surface area contributed by atoms with Crippen LogP contribution in [0.25, 0.3) is 22.0 Å². The molecule has 218 valence electrons. The van der Waals surface area contributed by atoms with Crippen LogP contribution in [-0.4, -0.2) is 25.7 Å². The molecule has 0 bridgehead atoms. The van der Waals surface area contributed by atoms with Gasteiger partial charge < -0.3 is 5.32 Å². The summed E-state index contributed by atoms with van der Waals surface area (Å²) in [5.41, 5.74) is 5.12. The molecule has 9 heteroatoms. The molecule has 0 saturated heterocycles. The number of nitrogens with one attached hydrogen (secondary N) is 1. The number of carbonyl (C=O) groups is 1. The predicted molar refractivity (Wildman–Crippen MR) is 158 cm³/mol. The van der Waals surface area contributed by atoms with E-state index in [0.717, 1.165) is 58.4 Å². The fraction of sp³-hybridized carbons (Fsp3) is 0.294. The van der Waals surface area contributed by atoms with Gasteiger partial charge in [0.2, 0.25) is 0 Å². The molecule has 2 aliphatic rings. The maximum absolute atomic E-state index is 13.3. The molecule has 2 fully saturated rings. The van der Waals surface area contributed by atoms with Crippen LogP contribution in [0.3, 0.4) is 0 Å². The van der Waals surface area contributed by atoms with E-state index in [1.165, 1.54) is 24.5 Å². The second kappa shape index (κ2) is 10.6. The number of amides is 1. The SMILES string of the molecule is C[C@H](NC(=O)c1ccc(C2CC2)c(-c2ccc3cnc(Cc4cnn(C5CC5)c4)nc3c2)c1)c1cccc(C(F)(F)F)c1. The van der Waals surface area contributed by atoms with Crippen molar-refractivity contribution < 1.29 is 18.0 Å². The Morgan fingerprint density at radius 1 is 1.02 bits per heavy atom. The molecular formula is C34H30F3N5O. The number of halogens is 3. The average Bonchev–Trinajstić information content (AvgIpc) is 3.95. The van der Waals surface area contributed by atoms with Crippen LogP contribution in [0.4, 0.5) is 13.2 Å². The van der Waals surface area contributed by atoms with Gasteiger partial charge in [0, 0.05) is 29.8 Å². The number of nitrogens with zero attached hydrogens (tertiary/aromatic N) is 4. The van der Waals surface area contributed by atoms with Crippen LogP contribution in [0.15, 0.2) is 79.3 Å². The Balaban J connectivity index is 1.15. The maximum Gasteiger partial charge on any atom is 0.416 e. The molecule has 2 aliphatic carbocycles. The van der Waals surface area contributed by atoms with Gasteiger partial charge in [-0.25, -0.2) is 9.97 Å². The van der Waals surface area contributed by atoms with E-state index in [1.54, 1.807) is 19.1 Å². The minimum Gasteiger partial charge on any atom is -0.346 e. The molecule has 0 spiro atoms. The number of rotatable bonds is 8. The second-order valence-corrected chi connectivity index (χ2v) is 11.7. The molecule has 0 unspecified atom stereocenters. The van der Waals surface area contributed by atoms with Crippen LogP contribution < -0.4 is 5.32 Å². The molecule has 1 atom stereocenters. The molecule has 1 amide bonds. The largest absolute Gasteiger partial charge is 0.416 e. The second-order valence-electron chi connectivity index (χ2n) is 11.7. The van der Waals surface area contributed by atoms with Crippen molar-refractivity contribution >= 4 is 16.8 Å². The molecule has 2 aromatic heterocycles. The van der Waals surface area contributed by atoms with Crippen molar-refractivity contribution in [2.75, 3.05) is 0 Å². The Bertz CT molecular complexity index is 1840. The zero-order valence-electron chi connectivity index (χ0n) is 23.6. The zero-order chi connectivity index (χ0) is 29.7. The fourth-order valence-corrected chi connectivity index (χ4v) is 5.55. The lowest BCUT2D eigenvalue weighted by molar-refractivity contribution is -0.137. The van der Waals surface area contributed by atoms with E-state index in [9.17, 15) is 18.0 Å². The Morgan fingerprint density at radius 3 is 2.63 bits per heavy atom. The van der Waals surface area contributed by atoms with Crippen molar-refractivity contribution in [1.82, 2.24) is 25.1 Å². The van der Waals surface area contributed by atoms with Gasteiger partial charge in [0.25, 0.3) is 5.91 Å². The third-order valence-corrected chi connectivity index (χ3v) is 8.28. The molecule has 6 nitrogen and oxygen atoms in total. The summed E-state index contributed by atoms with van der Waals surface area (Å²) in [6.07, 6.45) is 6.50. The summed E-state index contributed by atoms with van der Waals surface area (Å²) in [6, 6.07) is 16.7. The highest BCUT2D eigenvalue weighted by Crippen LogP contribution is 2.45. The average molecular weight is 582 g/mol. The lowest BCUT2D eigenvalue weighted by Gasteiger charge is -2.17. The molecule has 7 rings (SSSR count). The summed E-state index contributed by atoms with van der Waals surface area (Å²) in [7, 11) is 0. The first kappa shape index (κ1) is 27.3. The van der Waals surface area contributed by atoms with Crippen molar-refractivity contribution in [3.05, 3.63) is 113 Å². The van der Waals surface area contributed by atoms with Gasteiger partial charge in [-0.2, -0.15) is 18.3 Å². The lowest BCUT2D eigenvalue weighted by Crippen LogP contribution is -2.27. The summed E-state index contributed by atoms with van der Waals surface area (Å²) in [5, 5.41) is 8.28. The number of carbonyl (C=O) groups excluding carboxylic acids is 1. The van der Waals surface area contributed by atoms with E-state index in [1.807, 2.05) is 47.4 Å². The first-order chi connectivity index (χ1) is 20.7. The summed E-state index contributed by atoms with van der Waals surface area (Å²) in [6.45, 7) is 1.68. The van der Waals surface area contributed by atoms with Gasteiger partial charge in [0.1, 0.15) is 5.82 Å². The van der Waals surface area contributed by atoms with Crippen LogP contribution >= 0.6 is 0 Å². The monoisotopic (exact) mass is 581 g/mol. The van der Waals surface area contributed by atoms with Crippen molar-refractivity contribution in [3.63, 3.8) is 0 Å². The van der Waals surface area contributed by atoms with Gasteiger partial charge in [-0.1, -0.05) is 30.3 Å². The van der Waals surface area contributed by atoms with Crippen LogP contribution in [0.1, 0.15) is 89.0 Å². The number of hydrogen-bond acceptors (Lipinski definition) is 4. The van der Waals surface area contributed by atoms with Crippen molar-refractivity contribution in [2.45, 2.75) is 63.2 Å². The smallest absolute Gasteiger partial charge is 0.346 e. The highest BCUT2D eigenvalue weighted by Gasteiger charge is 2.31. The van der Waals surface area contributed by atoms with Gasteiger partial charge in [-0.15, -0.1) is 0 Å². The topological polar surface area (TPSA) is 72.7 Å². The summed E-state index contributed by atoms with van der Waals surface area (Å²) < 4.78 is 41.7. The van der Waals surface area contributed by atoms with Crippen molar-refractivity contribution in [3.8, 4) is 11.1 Å². The highest BCUT2D eigenvalue weighted by molar-refractivity contribution is 5.96. The van der Waals surface area contributed by atoms with E-state index in [0.29, 0.717) is 29.5 Å². The van der Waals surface area contributed by atoms with E-state index < -0.39 is 17.8 Å². The summed E-state index contributed by atoms with van der Waals surface area (Å²) in [5.74, 6) is 0.820. The molecule has 1 N–H and O–H groups in total. The molecule has 43 heavy (non-hydrogen) atoms. The van der Waals surface area contributed by atoms with Crippen LogP contribution in [0.5, 0.6) is 0 Å². The molecule has 2 saturated carbocycles. The third-order valence-electron chi connectivity index (χ3n) is 8.28. The normalized spacial score (nSPS) is 15.9. The Morgan fingerprint density at radius 2 is 1.86 bits per heavy atom. The molecule has 0 aliphatic heterocycles. The number of alkyl halides is 3. The number of fused-ring (bicyclic) bond motifs is 1. The highest BCUT2D eigenvalue weighted by atomic mass is 19.4. The van der Waals surface area contributed by atoms with E-state index in [-0.39, 0.29) is 5.91 Å². The third kappa shape index (κ3) is 5.89. The molecule has 0 radical (unpaired) electrons. The van der Waals surface area contributed by atoms with Gasteiger partial charge in [-0.05, 0) is 96.7 Å². The van der Waals surface area contributed by atoms with Crippen molar-refractivity contribution in [2.24, 2.45) is 0 Å². The van der Waals surface area contributed by atoms with Gasteiger partial charge in [0.05, 0.1) is 29.4 Å². The first-order valence-corrected chi connectivity index (χ1v) is 14.6. The number of benzene rings is 3. The van der Waals surface area contributed by atoms with Crippen LogP contribution in [-0.2, 0) is 12.6 Å². The fourth-order valence-electron chi connectivity index (χ4n) is 5.55. The molecule has 5 aromatic rings. The minimum absolute atomic E-state index is 0.342. The van der Waals surface area contributed by atoms with Gasteiger partial charge in [0.15, 0.2) is 0 Å². The predicted octanol–water partition coefficient (Wildman–Crippen LogP) is 7.81. The molecule has 2 heterocycles. The summed E-state index contributed by atoms with van der Waals surface area (Å²) >= 11 is 0. The minimum atomic E-state index is -4.45. The lowest BCUT2D eigenvalue weighted by atomic mass is 9.93. The zero-order valence-corrected chi connectivity index (χ0v) is 23.6. The van der Waals surface area contributed by atoms with Crippen molar-refractivity contribution in [1.29, 1.82) is 0 Å². The number of hydrogen-bond donors (Lipinski definition) is 1. The molecular weight excluding hydrogens is 551 g/mol. The Hall–Kier alpha value is -4.53. The van der Waals surface area contributed by atoms with Crippen LogP contribution in [0, 0.1) is 0 Å². The first-order valence-electron chi connectivity index (χ1n) is 14.6. The summed E-state index contributed by atoms with van der Waals surface area (Å²) in [4.78, 5) is 22.7. The molecule has 3 aromatic carbocycles. The van der Waals surface area contributed by atoms with Gasteiger partial charge in [-0.3, -0.25) is 9.48 Å². The Labute approximate surface area is 247 Å². The van der Waals surface area contributed by atoms with E-state index >= 15 is 0 Å². The van der Waals surface area contributed by atoms with E-state index in [4.69, 9.17) is 4.98 Å². The standard InChI is InChI=1S/C34H30F3N5O/c1-20(23-3-2-4-27(14-23)34(35,36)37)40-33(43)25-9-12-29(22-5-6-22)30(15-25)24-7-8-26-18-38-32(41-31(26)16-24)13-21-17-39-42(19-21)28-10-11-28/h2-4,7-9,12,14-20,22,28H,5-6,10-11,13H2,1H3,(H,40,43)/t20-/m0/s1. The number of aromatic nitrogens is 4. The Kier molecular flexibility index (Phi) is 6.75.